The van der Waals surface area contributed by atoms with Crippen molar-refractivity contribution in [1.29, 1.82) is 0 Å². The summed E-state index contributed by atoms with van der Waals surface area (Å²) in [6.45, 7) is 7.98. The summed E-state index contributed by atoms with van der Waals surface area (Å²) in [4.78, 5) is 11.9. The van der Waals surface area contributed by atoms with E-state index in [1.807, 2.05) is 6.92 Å². The molecule has 1 saturated carbocycles. The molecule has 1 aliphatic carbocycles. The van der Waals surface area contributed by atoms with Gasteiger partial charge in [0.15, 0.2) is 0 Å². The number of rotatable bonds is 7. The van der Waals surface area contributed by atoms with Gasteiger partial charge in [-0.05, 0) is 44.4 Å². The van der Waals surface area contributed by atoms with Crippen molar-refractivity contribution < 1.29 is 9.53 Å². The monoisotopic (exact) mass is 270 g/mol. The van der Waals surface area contributed by atoms with Gasteiger partial charge < -0.3 is 15.4 Å². The molecule has 1 fully saturated rings. The molecule has 1 amide bonds. The quantitative estimate of drug-likeness (QED) is 0.695. The molecule has 0 heterocycles. The Morgan fingerprint density at radius 3 is 2.68 bits per heavy atom. The summed E-state index contributed by atoms with van der Waals surface area (Å²) in [6, 6.07) is 0.388. The average Bonchev–Trinajstić information content (AvgIpc) is 2.38. The summed E-state index contributed by atoms with van der Waals surface area (Å²) in [6.07, 6.45) is 4.50. The van der Waals surface area contributed by atoms with Crippen molar-refractivity contribution in [3.63, 3.8) is 0 Å². The van der Waals surface area contributed by atoms with Crippen LogP contribution in [0.25, 0.3) is 0 Å². The number of hydrogen-bond donors (Lipinski definition) is 2. The van der Waals surface area contributed by atoms with Crippen LogP contribution in [-0.2, 0) is 9.53 Å². The van der Waals surface area contributed by atoms with Crippen LogP contribution in [0.1, 0.15) is 46.5 Å². The lowest BCUT2D eigenvalue weighted by molar-refractivity contribution is -0.123. The van der Waals surface area contributed by atoms with E-state index in [4.69, 9.17) is 4.74 Å². The van der Waals surface area contributed by atoms with Crippen LogP contribution in [0.3, 0.4) is 0 Å². The Morgan fingerprint density at radius 2 is 2.05 bits per heavy atom. The maximum Gasteiger partial charge on any atom is 0.236 e. The molecule has 0 aliphatic heterocycles. The predicted molar refractivity (Wildman–Crippen MR) is 78.1 cm³/mol. The number of methoxy groups -OCH3 is 1. The largest absolute Gasteiger partial charge is 0.385 e. The lowest BCUT2D eigenvalue weighted by atomic mass is 9.79. The van der Waals surface area contributed by atoms with Crippen molar-refractivity contribution in [3.05, 3.63) is 0 Å². The molecule has 19 heavy (non-hydrogen) atoms. The Labute approximate surface area is 117 Å². The standard InChI is InChI=1S/C15H30N2O2/c1-11-6-7-14(10-12(11)2)17-13(3)15(18)16-8-5-9-19-4/h11-14,17H,5-10H2,1-4H3,(H,16,18). The number of carbonyl (C=O) groups is 1. The van der Waals surface area contributed by atoms with Crippen LogP contribution in [0.4, 0.5) is 0 Å². The van der Waals surface area contributed by atoms with Gasteiger partial charge in [-0.1, -0.05) is 13.8 Å². The van der Waals surface area contributed by atoms with Crippen LogP contribution >= 0.6 is 0 Å². The van der Waals surface area contributed by atoms with E-state index < -0.39 is 0 Å². The van der Waals surface area contributed by atoms with E-state index in [-0.39, 0.29) is 11.9 Å². The van der Waals surface area contributed by atoms with Crippen LogP contribution in [0.15, 0.2) is 0 Å². The second-order valence-electron chi connectivity index (χ2n) is 5.99. The molecule has 0 aromatic rings. The average molecular weight is 270 g/mol. The third-order valence-corrected chi connectivity index (χ3v) is 4.30. The minimum absolute atomic E-state index is 0.0994. The molecule has 2 N–H and O–H groups in total. The summed E-state index contributed by atoms with van der Waals surface area (Å²) in [5.74, 6) is 1.67. The Kier molecular flexibility index (Phi) is 7.39. The van der Waals surface area contributed by atoms with Crippen molar-refractivity contribution in [1.82, 2.24) is 10.6 Å². The van der Waals surface area contributed by atoms with E-state index in [2.05, 4.69) is 24.5 Å². The fraction of sp³-hybridized carbons (Fsp3) is 0.933. The van der Waals surface area contributed by atoms with Crippen molar-refractivity contribution in [2.75, 3.05) is 20.3 Å². The number of ether oxygens (including phenoxy) is 1. The Hall–Kier alpha value is -0.610. The first-order chi connectivity index (χ1) is 9.04. The molecule has 4 nitrogen and oxygen atoms in total. The fourth-order valence-corrected chi connectivity index (χ4v) is 2.71. The molecule has 4 unspecified atom stereocenters. The van der Waals surface area contributed by atoms with E-state index >= 15 is 0 Å². The smallest absolute Gasteiger partial charge is 0.236 e. The number of amides is 1. The highest BCUT2D eigenvalue weighted by Gasteiger charge is 2.26. The van der Waals surface area contributed by atoms with Gasteiger partial charge in [0.25, 0.3) is 0 Å². The van der Waals surface area contributed by atoms with Gasteiger partial charge in [-0.15, -0.1) is 0 Å². The third kappa shape index (κ3) is 5.91. The van der Waals surface area contributed by atoms with Crippen molar-refractivity contribution >= 4 is 5.91 Å². The van der Waals surface area contributed by atoms with E-state index in [9.17, 15) is 4.79 Å². The fourth-order valence-electron chi connectivity index (χ4n) is 2.71. The Bertz CT molecular complexity index is 271. The maximum absolute atomic E-state index is 11.9. The molecule has 4 atom stereocenters. The van der Waals surface area contributed by atoms with Crippen LogP contribution in [0.5, 0.6) is 0 Å². The second-order valence-corrected chi connectivity index (χ2v) is 5.99. The van der Waals surface area contributed by atoms with Gasteiger partial charge in [-0.3, -0.25) is 4.79 Å². The highest BCUT2D eigenvalue weighted by atomic mass is 16.5. The van der Waals surface area contributed by atoms with Gasteiger partial charge in [0, 0.05) is 26.3 Å². The van der Waals surface area contributed by atoms with Gasteiger partial charge in [0.05, 0.1) is 6.04 Å². The predicted octanol–water partition coefficient (Wildman–Crippen LogP) is 1.94. The highest BCUT2D eigenvalue weighted by molar-refractivity contribution is 5.81. The van der Waals surface area contributed by atoms with Gasteiger partial charge in [-0.25, -0.2) is 0 Å². The van der Waals surface area contributed by atoms with Gasteiger partial charge >= 0.3 is 0 Å². The van der Waals surface area contributed by atoms with Crippen LogP contribution in [-0.4, -0.2) is 38.3 Å². The van der Waals surface area contributed by atoms with Crippen molar-refractivity contribution in [2.45, 2.75) is 58.5 Å². The van der Waals surface area contributed by atoms with E-state index in [0.717, 1.165) is 18.3 Å². The summed E-state index contributed by atoms with van der Waals surface area (Å²) in [5.41, 5.74) is 0. The molecular weight excluding hydrogens is 240 g/mol. The molecule has 0 bridgehead atoms. The molecule has 0 radical (unpaired) electrons. The summed E-state index contributed by atoms with van der Waals surface area (Å²) < 4.78 is 4.96. The second kappa shape index (κ2) is 8.54. The van der Waals surface area contributed by atoms with Crippen molar-refractivity contribution in [2.24, 2.45) is 11.8 Å². The lowest BCUT2D eigenvalue weighted by Gasteiger charge is -2.34. The number of hydrogen-bond acceptors (Lipinski definition) is 3. The molecule has 0 spiro atoms. The van der Waals surface area contributed by atoms with E-state index in [0.29, 0.717) is 19.2 Å². The molecule has 112 valence electrons. The first-order valence-corrected chi connectivity index (χ1v) is 7.57. The zero-order valence-electron chi connectivity index (χ0n) is 12.9. The van der Waals surface area contributed by atoms with Crippen LogP contribution in [0, 0.1) is 11.8 Å². The molecule has 0 saturated heterocycles. The highest BCUT2D eigenvalue weighted by Crippen LogP contribution is 2.29. The number of nitrogens with one attached hydrogen (secondary N) is 2. The molecule has 4 heteroatoms. The first kappa shape index (κ1) is 16.4. The summed E-state index contributed by atoms with van der Waals surface area (Å²) in [5, 5.41) is 6.41. The molecular formula is C15H30N2O2. The minimum atomic E-state index is -0.104. The third-order valence-electron chi connectivity index (χ3n) is 4.30. The van der Waals surface area contributed by atoms with Gasteiger partial charge in [0.2, 0.25) is 5.91 Å². The Balaban J connectivity index is 2.22. The zero-order chi connectivity index (χ0) is 14.3. The normalized spacial score (nSPS) is 28.9. The topological polar surface area (TPSA) is 50.4 Å². The van der Waals surface area contributed by atoms with Crippen LogP contribution in [0.2, 0.25) is 0 Å². The van der Waals surface area contributed by atoms with Crippen LogP contribution < -0.4 is 10.6 Å². The molecule has 1 rings (SSSR count). The van der Waals surface area contributed by atoms with E-state index in [1.165, 1.54) is 19.3 Å². The first-order valence-electron chi connectivity index (χ1n) is 7.57. The zero-order valence-corrected chi connectivity index (χ0v) is 12.9. The minimum Gasteiger partial charge on any atom is -0.385 e. The molecule has 1 aliphatic rings. The van der Waals surface area contributed by atoms with Gasteiger partial charge in [-0.2, -0.15) is 0 Å². The van der Waals surface area contributed by atoms with Crippen molar-refractivity contribution in [3.8, 4) is 0 Å². The lowest BCUT2D eigenvalue weighted by Crippen LogP contribution is -2.48. The van der Waals surface area contributed by atoms with E-state index in [1.54, 1.807) is 7.11 Å². The number of carbonyl (C=O) groups excluding carboxylic acids is 1. The molecule has 0 aromatic heterocycles. The Morgan fingerprint density at radius 1 is 1.32 bits per heavy atom. The SMILES string of the molecule is COCCCNC(=O)C(C)NC1CCC(C)C(C)C1. The maximum atomic E-state index is 11.9. The van der Waals surface area contributed by atoms with Gasteiger partial charge in [0.1, 0.15) is 0 Å². The summed E-state index contributed by atoms with van der Waals surface area (Å²) in [7, 11) is 1.68. The summed E-state index contributed by atoms with van der Waals surface area (Å²) >= 11 is 0. The molecule has 0 aromatic carbocycles.